The molecule has 5 nitrogen and oxygen atoms in total. The summed E-state index contributed by atoms with van der Waals surface area (Å²) >= 11 is 0. The number of amides is 2. The van der Waals surface area contributed by atoms with E-state index in [2.05, 4.69) is 31.0 Å². The fraction of sp³-hybridized carbons (Fsp3) is 0.458. The number of aromatic nitrogens is 1. The summed E-state index contributed by atoms with van der Waals surface area (Å²) < 4.78 is 0. The van der Waals surface area contributed by atoms with Gasteiger partial charge in [-0.2, -0.15) is 0 Å². The number of hydrogen-bond donors (Lipinski definition) is 1. The molecular formula is C24H31N3O2. The predicted octanol–water partition coefficient (Wildman–Crippen LogP) is 3.82. The average Bonchev–Trinajstić information content (AvgIpc) is 2.76. The number of carbonyl (C=O) groups is 2. The fourth-order valence-corrected chi connectivity index (χ4v) is 4.40. The van der Waals surface area contributed by atoms with Crippen molar-refractivity contribution in [2.75, 3.05) is 13.1 Å². The molecule has 1 aliphatic rings. The van der Waals surface area contributed by atoms with Crippen LogP contribution >= 0.6 is 0 Å². The zero-order chi connectivity index (χ0) is 20.9. The van der Waals surface area contributed by atoms with Gasteiger partial charge in [-0.3, -0.25) is 14.6 Å². The van der Waals surface area contributed by atoms with Gasteiger partial charge in [0.15, 0.2) is 0 Å². The summed E-state index contributed by atoms with van der Waals surface area (Å²) in [4.78, 5) is 31.4. The Hall–Kier alpha value is -2.69. The van der Waals surface area contributed by atoms with E-state index >= 15 is 0 Å². The van der Waals surface area contributed by atoms with Crippen molar-refractivity contribution < 1.29 is 9.59 Å². The maximum absolute atomic E-state index is 12.7. The monoisotopic (exact) mass is 393 g/mol. The fourth-order valence-electron chi connectivity index (χ4n) is 4.40. The van der Waals surface area contributed by atoms with Crippen molar-refractivity contribution in [1.82, 2.24) is 9.88 Å². The number of primary amides is 1. The van der Waals surface area contributed by atoms with Gasteiger partial charge in [-0.15, -0.1) is 0 Å². The Morgan fingerprint density at radius 2 is 1.79 bits per heavy atom. The number of nitrogens with zero attached hydrogens (tertiary/aromatic N) is 2. The lowest BCUT2D eigenvalue weighted by atomic mass is 9.72. The molecule has 0 unspecified atom stereocenters. The Kier molecular flexibility index (Phi) is 6.68. The van der Waals surface area contributed by atoms with Crippen molar-refractivity contribution in [1.29, 1.82) is 0 Å². The summed E-state index contributed by atoms with van der Waals surface area (Å²) in [5.41, 5.74) is 8.50. The molecule has 1 aromatic heterocycles. The first-order valence-electron chi connectivity index (χ1n) is 10.6. The summed E-state index contributed by atoms with van der Waals surface area (Å²) in [6, 6.07) is 12.1. The summed E-state index contributed by atoms with van der Waals surface area (Å²) in [6.07, 6.45) is 7.10. The smallest absolute Gasteiger partial charge is 0.225 e. The molecule has 1 saturated heterocycles. The number of pyridine rings is 1. The van der Waals surface area contributed by atoms with Gasteiger partial charge >= 0.3 is 0 Å². The van der Waals surface area contributed by atoms with E-state index in [1.165, 1.54) is 0 Å². The molecule has 2 N–H and O–H groups in total. The molecule has 0 atom stereocenters. The van der Waals surface area contributed by atoms with Gasteiger partial charge in [0.2, 0.25) is 11.8 Å². The Balaban J connectivity index is 1.81. The van der Waals surface area contributed by atoms with Gasteiger partial charge in [0.1, 0.15) is 0 Å². The van der Waals surface area contributed by atoms with E-state index < -0.39 is 5.41 Å². The van der Waals surface area contributed by atoms with Gasteiger partial charge in [0.25, 0.3) is 0 Å². The number of likely N-dealkylation sites (tertiary alicyclic amines) is 1. The second-order valence-electron chi connectivity index (χ2n) is 8.06. The third kappa shape index (κ3) is 4.50. The highest BCUT2D eigenvalue weighted by molar-refractivity contribution is 5.83. The second-order valence-corrected chi connectivity index (χ2v) is 8.06. The van der Waals surface area contributed by atoms with E-state index in [4.69, 9.17) is 5.73 Å². The summed E-state index contributed by atoms with van der Waals surface area (Å²) in [6.45, 7) is 5.29. The SMILES string of the molecule is CCC(CC)C(=O)N1CCC(Cc2ccccc2-c2cccnc2)(C(N)=O)CC1. The van der Waals surface area contributed by atoms with Crippen LogP contribution in [0.3, 0.4) is 0 Å². The number of carbonyl (C=O) groups excluding carboxylic acids is 2. The first kappa shape index (κ1) is 21.0. The predicted molar refractivity (Wildman–Crippen MR) is 115 cm³/mol. The number of rotatable bonds is 7. The normalized spacial score (nSPS) is 16.0. The van der Waals surface area contributed by atoms with Crippen LogP contribution in [0.4, 0.5) is 0 Å². The quantitative estimate of drug-likeness (QED) is 0.777. The molecule has 29 heavy (non-hydrogen) atoms. The van der Waals surface area contributed by atoms with E-state index in [0.29, 0.717) is 32.4 Å². The highest BCUT2D eigenvalue weighted by atomic mass is 16.2. The largest absolute Gasteiger partial charge is 0.369 e. The Labute approximate surface area is 173 Å². The van der Waals surface area contributed by atoms with E-state index in [0.717, 1.165) is 29.5 Å². The third-order valence-electron chi connectivity index (χ3n) is 6.41. The number of benzene rings is 1. The molecule has 2 aromatic rings. The van der Waals surface area contributed by atoms with Crippen molar-refractivity contribution in [3.05, 3.63) is 54.4 Å². The minimum Gasteiger partial charge on any atom is -0.369 e. The Bertz CT molecular complexity index is 838. The Morgan fingerprint density at radius 3 is 2.38 bits per heavy atom. The molecule has 1 aliphatic heterocycles. The van der Waals surface area contributed by atoms with Gasteiger partial charge < -0.3 is 10.6 Å². The van der Waals surface area contributed by atoms with Gasteiger partial charge in [-0.1, -0.05) is 44.2 Å². The Morgan fingerprint density at radius 1 is 1.10 bits per heavy atom. The van der Waals surface area contributed by atoms with Crippen LogP contribution < -0.4 is 5.73 Å². The van der Waals surface area contributed by atoms with E-state index in [-0.39, 0.29) is 17.7 Å². The van der Waals surface area contributed by atoms with E-state index in [1.54, 1.807) is 6.20 Å². The lowest BCUT2D eigenvalue weighted by Gasteiger charge is -2.41. The van der Waals surface area contributed by atoms with Gasteiger partial charge in [0, 0.05) is 37.0 Å². The molecule has 2 amide bonds. The van der Waals surface area contributed by atoms with Gasteiger partial charge in [-0.05, 0) is 49.3 Å². The zero-order valence-electron chi connectivity index (χ0n) is 17.4. The van der Waals surface area contributed by atoms with Crippen LogP contribution in [0.15, 0.2) is 48.8 Å². The van der Waals surface area contributed by atoms with E-state index in [9.17, 15) is 9.59 Å². The number of piperidine rings is 1. The lowest BCUT2D eigenvalue weighted by molar-refractivity contribution is -0.142. The van der Waals surface area contributed by atoms with Gasteiger partial charge in [-0.25, -0.2) is 0 Å². The molecule has 0 spiro atoms. The van der Waals surface area contributed by atoms with Crippen molar-refractivity contribution >= 4 is 11.8 Å². The molecule has 0 radical (unpaired) electrons. The topological polar surface area (TPSA) is 76.3 Å². The molecule has 5 heteroatoms. The molecule has 0 bridgehead atoms. The van der Waals surface area contributed by atoms with Crippen molar-refractivity contribution in [3.63, 3.8) is 0 Å². The van der Waals surface area contributed by atoms with Crippen LogP contribution in [0.5, 0.6) is 0 Å². The van der Waals surface area contributed by atoms with Crippen LogP contribution in [0.2, 0.25) is 0 Å². The molecular weight excluding hydrogens is 362 g/mol. The first-order chi connectivity index (χ1) is 14.0. The molecule has 0 saturated carbocycles. The van der Waals surface area contributed by atoms with Crippen LogP contribution in [0, 0.1) is 11.3 Å². The first-order valence-corrected chi connectivity index (χ1v) is 10.6. The molecule has 0 aliphatic carbocycles. The van der Waals surface area contributed by atoms with Crippen molar-refractivity contribution in [2.45, 2.75) is 46.0 Å². The number of hydrogen-bond acceptors (Lipinski definition) is 3. The van der Waals surface area contributed by atoms with Crippen LogP contribution in [-0.4, -0.2) is 34.8 Å². The second kappa shape index (κ2) is 9.21. The minimum atomic E-state index is -0.622. The molecule has 1 fully saturated rings. The summed E-state index contributed by atoms with van der Waals surface area (Å²) in [5, 5.41) is 0. The van der Waals surface area contributed by atoms with E-state index in [1.807, 2.05) is 35.4 Å². The highest BCUT2D eigenvalue weighted by Gasteiger charge is 2.41. The zero-order valence-corrected chi connectivity index (χ0v) is 17.4. The lowest BCUT2D eigenvalue weighted by Crippen LogP contribution is -2.51. The molecule has 154 valence electrons. The average molecular weight is 394 g/mol. The molecule has 1 aromatic carbocycles. The summed E-state index contributed by atoms with van der Waals surface area (Å²) in [5.74, 6) is 0.0133. The van der Waals surface area contributed by atoms with Gasteiger partial charge in [0.05, 0.1) is 5.41 Å². The van der Waals surface area contributed by atoms with Crippen molar-refractivity contribution in [2.24, 2.45) is 17.1 Å². The third-order valence-corrected chi connectivity index (χ3v) is 6.41. The highest BCUT2D eigenvalue weighted by Crippen LogP contribution is 2.38. The molecule has 2 heterocycles. The van der Waals surface area contributed by atoms with Crippen LogP contribution in [-0.2, 0) is 16.0 Å². The standard InChI is InChI=1S/C24H31N3O2/c1-3-18(4-2)22(28)27-14-11-24(12-15-27,23(25)29)16-19-8-5-6-10-21(19)20-9-7-13-26-17-20/h5-10,13,17-18H,3-4,11-12,14-16H2,1-2H3,(H2,25,29). The maximum Gasteiger partial charge on any atom is 0.225 e. The minimum absolute atomic E-state index is 0.0717. The van der Waals surface area contributed by atoms with Crippen LogP contribution in [0.25, 0.3) is 11.1 Å². The van der Waals surface area contributed by atoms with Crippen molar-refractivity contribution in [3.8, 4) is 11.1 Å². The van der Waals surface area contributed by atoms with Crippen LogP contribution in [0.1, 0.15) is 45.1 Å². The molecule has 3 rings (SSSR count). The summed E-state index contributed by atoms with van der Waals surface area (Å²) in [7, 11) is 0. The maximum atomic E-state index is 12.7. The number of nitrogens with two attached hydrogens (primary N) is 1.